The fourth-order valence-electron chi connectivity index (χ4n) is 2.91. The Morgan fingerprint density at radius 1 is 1.24 bits per heavy atom. The molecule has 3 heterocycles. The van der Waals surface area contributed by atoms with Gasteiger partial charge in [-0.25, -0.2) is 4.98 Å². The summed E-state index contributed by atoms with van der Waals surface area (Å²) < 4.78 is 7.39. The number of benzene rings is 1. The lowest BCUT2D eigenvalue weighted by molar-refractivity contribution is 0.382. The summed E-state index contributed by atoms with van der Waals surface area (Å²) in [6.45, 7) is 2.00. The monoisotopic (exact) mass is 280 g/mol. The predicted octanol–water partition coefficient (Wildman–Crippen LogP) is 2.97. The molecule has 2 aromatic heterocycles. The highest BCUT2D eigenvalue weighted by Crippen LogP contribution is 2.29. The van der Waals surface area contributed by atoms with E-state index in [1.54, 1.807) is 0 Å². The summed E-state index contributed by atoms with van der Waals surface area (Å²) in [6.07, 6.45) is 5.78. The molecule has 0 spiro atoms. The summed E-state index contributed by atoms with van der Waals surface area (Å²) in [4.78, 5) is 8.95. The lowest BCUT2D eigenvalue weighted by Gasteiger charge is -2.08. The van der Waals surface area contributed by atoms with Gasteiger partial charge in [0, 0.05) is 12.1 Å². The Hall–Kier alpha value is -2.43. The molecule has 0 unspecified atom stereocenters. The Labute approximate surface area is 122 Å². The summed E-state index contributed by atoms with van der Waals surface area (Å²) in [7, 11) is 0. The fraction of sp³-hybridized carbons (Fsp3) is 0.312. The molecule has 4 rings (SSSR count). The molecule has 0 bridgehead atoms. The molecular weight excluding hydrogens is 264 g/mol. The van der Waals surface area contributed by atoms with E-state index < -0.39 is 0 Å². The van der Waals surface area contributed by atoms with Crippen molar-refractivity contribution in [2.75, 3.05) is 0 Å². The maximum atomic E-state index is 5.22. The van der Waals surface area contributed by atoms with Crippen molar-refractivity contribution in [3.63, 3.8) is 0 Å². The molecule has 0 atom stereocenters. The quantitative estimate of drug-likeness (QED) is 0.724. The van der Waals surface area contributed by atoms with Crippen LogP contribution >= 0.6 is 0 Å². The molecule has 106 valence electrons. The number of imidazole rings is 1. The molecule has 5 nitrogen and oxygen atoms in total. The van der Waals surface area contributed by atoms with E-state index in [0.29, 0.717) is 11.7 Å². The number of rotatable bonds is 2. The minimum Gasteiger partial charge on any atom is -0.339 e. The molecule has 0 saturated heterocycles. The first-order valence-electron chi connectivity index (χ1n) is 7.34. The van der Waals surface area contributed by atoms with Gasteiger partial charge in [-0.15, -0.1) is 0 Å². The van der Waals surface area contributed by atoms with Crippen molar-refractivity contribution in [2.24, 2.45) is 0 Å². The third-order valence-electron chi connectivity index (χ3n) is 3.96. The number of fused-ring (bicyclic) bond motifs is 3. The fourth-order valence-corrected chi connectivity index (χ4v) is 2.91. The van der Waals surface area contributed by atoms with Gasteiger partial charge in [0.25, 0.3) is 0 Å². The number of para-hydroxylation sites is 1. The number of hydrogen-bond donors (Lipinski definition) is 0. The average molecular weight is 280 g/mol. The first-order valence-corrected chi connectivity index (χ1v) is 7.34. The number of hydrogen-bond acceptors (Lipinski definition) is 4. The van der Waals surface area contributed by atoms with Crippen molar-refractivity contribution in [1.82, 2.24) is 19.7 Å². The van der Waals surface area contributed by atoms with Crippen molar-refractivity contribution in [3.8, 4) is 17.2 Å². The predicted molar refractivity (Wildman–Crippen MR) is 78.3 cm³/mol. The second kappa shape index (κ2) is 4.84. The van der Waals surface area contributed by atoms with Crippen LogP contribution in [0.1, 0.15) is 30.5 Å². The van der Waals surface area contributed by atoms with Gasteiger partial charge >= 0.3 is 0 Å². The zero-order chi connectivity index (χ0) is 14.2. The lowest BCUT2D eigenvalue weighted by Crippen LogP contribution is -1.99. The van der Waals surface area contributed by atoms with Gasteiger partial charge in [-0.3, -0.25) is 0 Å². The summed E-state index contributed by atoms with van der Waals surface area (Å²) in [5, 5.41) is 4.06. The van der Waals surface area contributed by atoms with Crippen LogP contribution in [0.5, 0.6) is 0 Å². The third-order valence-corrected chi connectivity index (χ3v) is 3.96. The highest BCUT2D eigenvalue weighted by atomic mass is 16.5. The lowest BCUT2D eigenvalue weighted by atomic mass is 10.1. The molecule has 0 radical (unpaired) electrons. The Morgan fingerprint density at radius 3 is 3.00 bits per heavy atom. The molecule has 1 aromatic carbocycles. The second-order valence-corrected chi connectivity index (χ2v) is 5.26. The van der Waals surface area contributed by atoms with Crippen molar-refractivity contribution >= 4 is 0 Å². The van der Waals surface area contributed by atoms with Crippen molar-refractivity contribution in [3.05, 3.63) is 47.7 Å². The first-order chi connectivity index (χ1) is 10.4. The van der Waals surface area contributed by atoms with Gasteiger partial charge in [0.15, 0.2) is 0 Å². The number of aryl methyl sites for hydroxylation is 2. The van der Waals surface area contributed by atoms with Crippen LogP contribution in [0, 0.1) is 0 Å². The standard InChI is InChI=1S/C16H16N4O/c1-2-14-18-16(19-21-14)15-13-9-5-7-11-6-3-4-8-12(11)20(13)10-17-15/h3-4,6,8,10H,2,5,7,9H2,1H3. The van der Waals surface area contributed by atoms with Gasteiger partial charge in [0.1, 0.15) is 12.0 Å². The highest BCUT2D eigenvalue weighted by molar-refractivity contribution is 5.56. The Kier molecular flexibility index (Phi) is 2.84. The highest BCUT2D eigenvalue weighted by Gasteiger charge is 2.21. The molecular formula is C16H16N4O. The van der Waals surface area contributed by atoms with E-state index in [4.69, 9.17) is 4.52 Å². The normalized spacial score (nSPS) is 13.6. The van der Waals surface area contributed by atoms with Gasteiger partial charge in [0.2, 0.25) is 11.7 Å². The van der Waals surface area contributed by atoms with E-state index in [9.17, 15) is 0 Å². The molecule has 0 aliphatic carbocycles. The van der Waals surface area contributed by atoms with Gasteiger partial charge < -0.3 is 9.09 Å². The molecule has 0 fully saturated rings. The van der Waals surface area contributed by atoms with Crippen LogP contribution in [-0.4, -0.2) is 19.7 Å². The average Bonchev–Trinajstić information content (AvgIpc) is 3.10. The van der Waals surface area contributed by atoms with Crippen molar-refractivity contribution < 1.29 is 4.52 Å². The number of nitrogens with zero attached hydrogens (tertiary/aromatic N) is 4. The Balaban J connectivity index is 1.86. The molecule has 21 heavy (non-hydrogen) atoms. The van der Waals surface area contributed by atoms with E-state index in [-0.39, 0.29) is 0 Å². The van der Waals surface area contributed by atoms with Crippen LogP contribution in [0.4, 0.5) is 0 Å². The molecule has 1 aliphatic rings. The SMILES string of the molecule is CCc1nc(-c2ncn3c2CCCc2ccccc2-3)no1. The smallest absolute Gasteiger partial charge is 0.226 e. The molecule has 1 aliphatic heterocycles. The maximum Gasteiger partial charge on any atom is 0.226 e. The Bertz CT molecular complexity index is 787. The largest absolute Gasteiger partial charge is 0.339 e. The van der Waals surface area contributed by atoms with Crippen LogP contribution in [0.3, 0.4) is 0 Å². The van der Waals surface area contributed by atoms with Crippen molar-refractivity contribution in [2.45, 2.75) is 32.6 Å². The Morgan fingerprint density at radius 2 is 2.14 bits per heavy atom. The molecule has 5 heteroatoms. The zero-order valence-corrected chi connectivity index (χ0v) is 11.9. The minimum atomic E-state index is 0.597. The van der Waals surface area contributed by atoms with E-state index in [0.717, 1.165) is 31.4 Å². The van der Waals surface area contributed by atoms with Crippen LogP contribution in [-0.2, 0) is 19.3 Å². The number of aromatic nitrogens is 4. The van der Waals surface area contributed by atoms with Gasteiger partial charge in [-0.1, -0.05) is 30.3 Å². The summed E-state index contributed by atoms with van der Waals surface area (Å²) in [5.74, 6) is 1.25. The minimum absolute atomic E-state index is 0.597. The van der Waals surface area contributed by atoms with Gasteiger partial charge in [-0.2, -0.15) is 4.98 Å². The molecule has 3 aromatic rings. The summed E-state index contributed by atoms with van der Waals surface area (Å²) >= 11 is 0. The third kappa shape index (κ3) is 1.96. The second-order valence-electron chi connectivity index (χ2n) is 5.26. The molecule has 0 amide bonds. The topological polar surface area (TPSA) is 56.7 Å². The van der Waals surface area contributed by atoms with Gasteiger partial charge in [-0.05, 0) is 30.9 Å². The van der Waals surface area contributed by atoms with Gasteiger partial charge in [0.05, 0.1) is 5.69 Å². The van der Waals surface area contributed by atoms with Crippen LogP contribution in [0.25, 0.3) is 17.2 Å². The summed E-state index contributed by atoms with van der Waals surface area (Å²) in [6, 6.07) is 8.49. The van der Waals surface area contributed by atoms with E-state index in [1.807, 2.05) is 13.3 Å². The van der Waals surface area contributed by atoms with Crippen molar-refractivity contribution in [1.29, 1.82) is 0 Å². The summed E-state index contributed by atoms with van der Waals surface area (Å²) in [5.41, 5.74) is 4.59. The van der Waals surface area contributed by atoms with E-state index in [2.05, 4.69) is 44.0 Å². The van der Waals surface area contributed by atoms with Crippen LogP contribution in [0.2, 0.25) is 0 Å². The zero-order valence-electron chi connectivity index (χ0n) is 11.9. The molecule has 0 N–H and O–H groups in total. The van der Waals surface area contributed by atoms with Crippen LogP contribution < -0.4 is 0 Å². The first kappa shape index (κ1) is 12.3. The van der Waals surface area contributed by atoms with E-state index >= 15 is 0 Å². The van der Waals surface area contributed by atoms with Crippen LogP contribution in [0.15, 0.2) is 35.1 Å². The maximum absolute atomic E-state index is 5.22. The molecule has 0 saturated carbocycles. The van der Waals surface area contributed by atoms with E-state index in [1.165, 1.54) is 16.9 Å².